The molecule has 0 bridgehead atoms. The summed E-state index contributed by atoms with van der Waals surface area (Å²) in [4.78, 5) is 1.57. The van der Waals surface area contributed by atoms with E-state index in [1.807, 2.05) is 0 Å². The Morgan fingerprint density at radius 1 is 0.889 bits per heavy atom. The lowest BCUT2D eigenvalue weighted by Crippen LogP contribution is -2.41. The van der Waals surface area contributed by atoms with Crippen molar-refractivity contribution in [2.45, 2.75) is 51.6 Å². The Morgan fingerprint density at radius 2 is 1.39 bits per heavy atom. The van der Waals surface area contributed by atoms with Gasteiger partial charge >= 0.3 is 6.18 Å². The molecular formula is C14H24F3N. The zero-order chi connectivity index (χ0) is 13.2. The summed E-state index contributed by atoms with van der Waals surface area (Å²) >= 11 is 0. The molecule has 18 heavy (non-hydrogen) atoms. The number of halogens is 3. The fraction of sp³-hybridized carbons (Fsp3) is 1.00. The summed E-state index contributed by atoms with van der Waals surface area (Å²) in [7, 11) is 0. The number of rotatable bonds is 2. The third kappa shape index (κ3) is 4.15. The largest absolute Gasteiger partial charge is 0.401 e. The van der Waals surface area contributed by atoms with Gasteiger partial charge in [-0.15, -0.1) is 0 Å². The van der Waals surface area contributed by atoms with Gasteiger partial charge in [-0.25, -0.2) is 0 Å². The van der Waals surface area contributed by atoms with Gasteiger partial charge < -0.3 is 0 Å². The Kier molecular flexibility index (Phi) is 4.57. The van der Waals surface area contributed by atoms with Crippen molar-refractivity contribution in [2.75, 3.05) is 19.6 Å². The summed E-state index contributed by atoms with van der Waals surface area (Å²) in [5.74, 6) is 2.32. The number of likely N-dealkylation sites (tertiary alicyclic amines) is 1. The van der Waals surface area contributed by atoms with E-state index >= 15 is 0 Å². The topological polar surface area (TPSA) is 3.24 Å². The first-order valence-corrected chi connectivity index (χ1v) is 7.23. The van der Waals surface area contributed by atoms with Crippen molar-refractivity contribution in [1.82, 2.24) is 4.90 Å². The SMILES string of the molecule is CC1CCC(C2CCN(CC(F)(F)F)CC2)CC1. The van der Waals surface area contributed by atoms with Crippen LogP contribution in [0, 0.1) is 17.8 Å². The minimum Gasteiger partial charge on any atom is -0.295 e. The van der Waals surface area contributed by atoms with Crippen LogP contribution in [0.25, 0.3) is 0 Å². The Bertz CT molecular complexity index is 248. The lowest BCUT2D eigenvalue weighted by molar-refractivity contribution is -0.149. The summed E-state index contributed by atoms with van der Waals surface area (Å²) in [5, 5.41) is 0. The van der Waals surface area contributed by atoms with Crippen molar-refractivity contribution in [1.29, 1.82) is 0 Å². The molecular weight excluding hydrogens is 239 g/mol. The Balaban J connectivity index is 1.73. The number of piperidine rings is 1. The van der Waals surface area contributed by atoms with Crippen molar-refractivity contribution < 1.29 is 13.2 Å². The van der Waals surface area contributed by atoms with Crippen LogP contribution in [0.1, 0.15) is 45.4 Å². The van der Waals surface area contributed by atoms with E-state index in [1.165, 1.54) is 25.7 Å². The van der Waals surface area contributed by atoms with Gasteiger partial charge in [-0.3, -0.25) is 4.90 Å². The second-order valence-electron chi connectivity index (χ2n) is 6.25. The molecule has 0 aromatic heterocycles. The standard InChI is InChI=1S/C14H24F3N/c1-11-2-4-12(5-3-11)13-6-8-18(9-7-13)10-14(15,16)17/h11-13H,2-10H2,1H3. The molecule has 2 aliphatic rings. The molecule has 0 N–H and O–H groups in total. The fourth-order valence-corrected chi connectivity index (χ4v) is 3.59. The van der Waals surface area contributed by atoms with Gasteiger partial charge in [0.15, 0.2) is 0 Å². The number of hydrogen-bond acceptors (Lipinski definition) is 1. The number of nitrogens with zero attached hydrogens (tertiary/aromatic N) is 1. The van der Waals surface area contributed by atoms with Crippen molar-refractivity contribution in [3.63, 3.8) is 0 Å². The van der Waals surface area contributed by atoms with Gasteiger partial charge in [0.05, 0.1) is 6.54 Å². The maximum absolute atomic E-state index is 12.3. The summed E-state index contributed by atoms with van der Waals surface area (Å²) in [6, 6.07) is 0. The van der Waals surface area contributed by atoms with E-state index in [9.17, 15) is 13.2 Å². The lowest BCUT2D eigenvalue weighted by atomic mass is 9.73. The van der Waals surface area contributed by atoms with Crippen LogP contribution in [0.15, 0.2) is 0 Å². The Labute approximate surface area is 108 Å². The van der Waals surface area contributed by atoms with Crippen LogP contribution < -0.4 is 0 Å². The van der Waals surface area contributed by atoms with Crippen molar-refractivity contribution >= 4 is 0 Å². The molecule has 2 fully saturated rings. The van der Waals surface area contributed by atoms with Crippen molar-refractivity contribution in [2.24, 2.45) is 17.8 Å². The fourth-order valence-electron chi connectivity index (χ4n) is 3.59. The van der Waals surface area contributed by atoms with Gasteiger partial charge in [0, 0.05) is 0 Å². The van der Waals surface area contributed by atoms with E-state index in [4.69, 9.17) is 0 Å². The van der Waals surface area contributed by atoms with Crippen LogP contribution in [-0.4, -0.2) is 30.7 Å². The quantitative estimate of drug-likeness (QED) is 0.725. The average molecular weight is 263 g/mol. The van der Waals surface area contributed by atoms with E-state index in [0.29, 0.717) is 19.0 Å². The zero-order valence-electron chi connectivity index (χ0n) is 11.2. The van der Waals surface area contributed by atoms with Gasteiger partial charge in [-0.1, -0.05) is 19.8 Å². The highest BCUT2D eigenvalue weighted by molar-refractivity contribution is 4.81. The molecule has 0 spiro atoms. The molecule has 0 amide bonds. The summed E-state index contributed by atoms with van der Waals surface area (Å²) < 4.78 is 36.9. The number of hydrogen-bond donors (Lipinski definition) is 0. The van der Waals surface area contributed by atoms with Crippen molar-refractivity contribution in [3.8, 4) is 0 Å². The average Bonchev–Trinajstić information content (AvgIpc) is 2.29. The van der Waals surface area contributed by atoms with Gasteiger partial charge in [-0.05, 0) is 56.5 Å². The summed E-state index contributed by atoms with van der Waals surface area (Å²) in [5.41, 5.74) is 0. The minimum atomic E-state index is -4.03. The van der Waals surface area contributed by atoms with Gasteiger partial charge in [0.1, 0.15) is 0 Å². The summed E-state index contributed by atoms with van der Waals surface area (Å²) in [6.07, 6.45) is 3.12. The van der Waals surface area contributed by atoms with E-state index in [0.717, 1.165) is 24.7 Å². The monoisotopic (exact) mass is 263 g/mol. The van der Waals surface area contributed by atoms with Crippen LogP contribution in [0.4, 0.5) is 13.2 Å². The maximum Gasteiger partial charge on any atom is 0.401 e. The van der Waals surface area contributed by atoms with Gasteiger partial charge in [0.2, 0.25) is 0 Å². The molecule has 0 radical (unpaired) electrons. The zero-order valence-corrected chi connectivity index (χ0v) is 11.2. The first kappa shape index (κ1) is 14.2. The first-order chi connectivity index (χ1) is 8.44. The normalized spacial score (nSPS) is 32.7. The molecule has 1 aliphatic heterocycles. The molecule has 1 nitrogen and oxygen atoms in total. The predicted octanol–water partition coefficient (Wildman–Crippen LogP) is 4.09. The lowest BCUT2D eigenvalue weighted by Gasteiger charge is -2.38. The smallest absolute Gasteiger partial charge is 0.295 e. The third-order valence-electron chi connectivity index (χ3n) is 4.76. The van der Waals surface area contributed by atoms with Gasteiger partial charge in [-0.2, -0.15) is 13.2 Å². The maximum atomic E-state index is 12.3. The highest BCUT2D eigenvalue weighted by Gasteiger charge is 2.34. The van der Waals surface area contributed by atoms with E-state index in [1.54, 1.807) is 4.90 Å². The third-order valence-corrected chi connectivity index (χ3v) is 4.76. The highest BCUT2D eigenvalue weighted by atomic mass is 19.4. The molecule has 1 aliphatic carbocycles. The molecule has 0 unspecified atom stereocenters. The number of alkyl halides is 3. The van der Waals surface area contributed by atoms with Crippen LogP contribution in [0.5, 0.6) is 0 Å². The molecule has 1 heterocycles. The van der Waals surface area contributed by atoms with Crippen LogP contribution in [-0.2, 0) is 0 Å². The predicted molar refractivity (Wildman–Crippen MR) is 66.3 cm³/mol. The molecule has 0 aromatic carbocycles. The van der Waals surface area contributed by atoms with E-state index < -0.39 is 12.7 Å². The molecule has 2 rings (SSSR count). The van der Waals surface area contributed by atoms with Crippen LogP contribution in [0.3, 0.4) is 0 Å². The van der Waals surface area contributed by atoms with Crippen molar-refractivity contribution in [3.05, 3.63) is 0 Å². The molecule has 0 aromatic rings. The second kappa shape index (κ2) is 5.81. The van der Waals surface area contributed by atoms with E-state index in [-0.39, 0.29) is 0 Å². The molecule has 1 saturated heterocycles. The summed E-state index contributed by atoms with van der Waals surface area (Å²) in [6.45, 7) is 2.86. The molecule has 0 atom stereocenters. The molecule has 1 saturated carbocycles. The van der Waals surface area contributed by atoms with E-state index in [2.05, 4.69) is 6.92 Å². The Hall–Kier alpha value is -0.250. The molecule has 106 valence electrons. The Morgan fingerprint density at radius 3 is 1.89 bits per heavy atom. The van der Waals surface area contributed by atoms with Gasteiger partial charge in [0.25, 0.3) is 0 Å². The first-order valence-electron chi connectivity index (χ1n) is 7.23. The van der Waals surface area contributed by atoms with Crippen LogP contribution >= 0.6 is 0 Å². The molecule has 4 heteroatoms. The highest BCUT2D eigenvalue weighted by Crippen LogP contribution is 2.37. The minimum absolute atomic E-state index is 0.635. The second-order valence-corrected chi connectivity index (χ2v) is 6.25. The van der Waals surface area contributed by atoms with Crippen LogP contribution in [0.2, 0.25) is 0 Å².